The predicted molar refractivity (Wildman–Crippen MR) is 101 cm³/mol. The zero-order valence-electron chi connectivity index (χ0n) is 14.2. The Bertz CT molecular complexity index is 984. The second-order valence-corrected chi connectivity index (χ2v) is 5.54. The average Bonchev–Trinajstić information content (AvgIpc) is 2.69. The Balaban J connectivity index is 1.64. The molecule has 6 nitrogen and oxygen atoms in total. The van der Waals surface area contributed by atoms with Gasteiger partial charge in [0.25, 0.3) is 5.91 Å². The first-order valence-electron chi connectivity index (χ1n) is 8.12. The smallest absolute Gasteiger partial charge is 0.343 e. The maximum Gasteiger partial charge on any atom is 0.343 e. The fraction of sp³-hybridized carbons (Fsp3) is 0. The number of phenolic OH excluding ortho intramolecular Hbond substituents is 1. The summed E-state index contributed by atoms with van der Waals surface area (Å²) in [6.45, 7) is 0. The SMILES string of the molecule is O=C(Oc1cccc(C=NNC(=O)c2ccccc2O)c1)c1ccccc1. The molecule has 0 aliphatic carbocycles. The largest absolute Gasteiger partial charge is 0.507 e. The monoisotopic (exact) mass is 360 g/mol. The minimum Gasteiger partial charge on any atom is -0.507 e. The number of carbonyl (C=O) groups is 2. The second-order valence-electron chi connectivity index (χ2n) is 5.54. The first kappa shape index (κ1) is 17.9. The summed E-state index contributed by atoms with van der Waals surface area (Å²) in [5.41, 5.74) is 3.54. The highest BCUT2D eigenvalue weighted by atomic mass is 16.5. The number of rotatable bonds is 5. The van der Waals surface area contributed by atoms with Crippen LogP contribution in [-0.4, -0.2) is 23.2 Å². The molecule has 27 heavy (non-hydrogen) atoms. The third-order valence-corrected chi connectivity index (χ3v) is 3.61. The van der Waals surface area contributed by atoms with Crippen LogP contribution in [-0.2, 0) is 0 Å². The van der Waals surface area contributed by atoms with Crippen LogP contribution >= 0.6 is 0 Å². The number of amides is 1. The van der Waals surface area contributed by atoms with Gasteiger partial charge >= 0.3 is 5.97 Å². The number of aromatic hydroxyl groups is 1. The minimum absolute atomic E-state index is 0.125. The number of nitrogens with one attached hydrogen (secondary N) is 1. The van der Waals surface area contributed by atoms with Gasteiger partial charge in [-0.25, -0.2) is 10.2 Å². The van der Waals surface area contributed by atoms with Crippen LogP contribution in [0.1, 0.15) is 26.3 Å². The lowest BCUT2D eigenvalue weighted by molar-refractivity contribution is 0.0734. The summed E-state index contributed by atoms with van der Waals surface area (Å²) in [7, 11) is 0. The number of ether oxygens (including phenoxy) is 1. The van der Waals surface area contributed by atoms with Crippen molar-refractivity contribution < 1.29 is 19.4 Å². The van der Waals surface area contributed by atoms with E-state index in [1.807, 2.05) is 6.07 Å². The third kappa shape index (κ3) is 4.79. The van der Waals surface area contributed by atoms with E-state index in [2.05, 4.69) is 10.5 Å². The molecule has 134 valence electrons. The first-order valence-corrected chi connectivity index (χ1v) is 8.12. The van der Waals surface area contributed by atoms with Gasteiger partial charge in [-0.3, -0.25) is 4.79 Å². The van der Waals surface area contributed by atoms with Crippen molar-refractivity contribution in [2.45, 2.75) is 0 Å². The summed E-state index contributed by atoms with van der Waals surface area (Å²) in [5.74, 6) is -0.756. The van der Waals surface area contributed by atoms with Crippen LogP contribution in [0.2, 0.25) is 0 Å². The van der Waals surface area contributed by atoms with Gasteiger partial charge in [0.1, 0.15) is 11.5 Å². The lowest BCUT2D eigenvalue weighted by atomic mass is 10.2. The lowest BCUT2D eigenvalue weighted by Crippen LogP contribution is -2.17. The molecule has 0 saturated heterocycles. The molecule has 0 radical (unpaired) electrons. The van der Waals surface area contributed by atoms with Crippen molar-refractivity contribution in [3.05, 3.63) is 95.6 Å². The van der Waals surface area contributed by atoms with Crippen molar-refractivity contribution in [2.75, 3.05) is 0 Å². The van der Waals surface area contributed by atoms with Crippen molar-refractivity contribution in [3.63, 3.8) is 0 Å². The predicted octanol–water partition coefficient (Wildman–Crippen LogP) is 3.38. The standard InChI is InChI=1S/C21H16N2O4/c24-19-12-5-4-11-18(19)20(25)23-22-14-15-7-6-10-17(13-15)27-21(26)16-8-2-1-3-9-16/h1-14,24H,(H,23,25). The van der Waals surface area contributed by atoms with Gasteiger partial charge in [-0.2, -0.15) is 5.10 Å². The molecule has 0 aromatic heterocycles. The van der Waals surface area contributed by atoms with Crippen LogP contribution in [0.4, 0.5) is 0 Å². The van der Waals surface area contributed by atoms with Crippen LogP contribution in [0.3, 0.4) is 0 Å². The summed E-state index contributed by atoms with van der Waals surface area (Å²) in [6.07, 6.45) is 1.41. The van der Waals surface area contributed by atoms with E-state index in [9.17, 15) is 14.7 Å². The summed E-state index contributed by atoms with van der Waals surface area (Å²) in [4.78, 5) is 24.1. The fourth-order valence-corrected chi connectivity index (χ4v) is 2.29. The number of esters is 1. The van der Waals surface area contributed by atoms with E-state index in [-0.39, 0.29) is 11.3 Å². The van der Waals surface area contributed by atoms with Crippen molar-refractivity contribution in [1.82, 2.24) is 5.43 Å². The number of benzene rings is 3. The summed E-state index contributed by atoms with van der Waals surface area (Å²) < 4.78 is 5.33. The van der Waals surface area contributed by atoms with Gasteiger partial charge in [0.05, 0.1) is 17.3 Å². The van der Waals surface area contributed by atoms with Gasteiger partial charge in [0.15, 0.2) is 0 Å². The second kappa shape index (κ2) is 8.44. The molecular weight excluding hydrogens is 344 g/mol. The van der Waals surface area contributed by atoms with E-state index in [0.29, 0.717) is 16.9 Å². The topological polar surface area (TPSA) is 88.0 Å². The number of para-hydroxylation sites is 1. The molecule has 2 N–H and O–H groups in total. The average molecular weight is 360 g/mol. The highest BCUT2D eigenvalue weighted by molar-refractivity contribution is 5.97. The van der Waals surface area contributed by atoms with Gasteiger partial charge in [-0.05, 0) is 42.0 Å². The van der Waals surface area contributed by atoms with E-state index < -0.39 is 11.9 Å². The lowest BCUT2D eigenvalue weighted by Gasteiger charge is -2.05. The molecular formula is C21H16N2O4. The number of nitrogens with zero attached hydrogens (tertiary/aromatic N) is 1. The van der Waals surface area contributed by atoms with Gasteiger partial charge in [-0.1, -0.05) is 42.5 Å². The molecule has 6 heteroatoms. The highest BCUT2D eigenvalue weighted by Crippen LogP contribution is 2.16. The van der Waals surface area contributed by atoms with Crippen LogP contribution in [0.5, 0.6) is 11.5 Å². The molecule has 0 spiro atoms. The Labute approximate surface area is 155 Å². The first-order chi connectivity index (χ1) is 13.1. The van der Waals surface area contributed by atoms with E-state index in [1.165, 1.54) is 18.3 Å². The van der Waals surface area contributed by atoms with Crippen LogP contribution < -0.4 is 10.2 Å². The molecule has 0 unspecified atom stereocenters. The zero-order chi connectivity index (χ0) is 19.1. The Morgan fingerprint density at radius 2 is 1.67 bits per heavy atom. The number of hydrazone groups is 1. The van der Waals surface area contributed by atoms with Crippen molar-refractivity contribution >= 4 is 18.1 Å². The molecule has 3 aromatic rings. The molecule has 3 rings (SSSR count). The molecule has 0 aliphatic heterocycles. The molecule has 0 aliphatic rings. The normalized spacial score (nSPS) is 10.5. The van der Waals surface area contributed by atoms with Gasteiger partial charge in [0, 0.05) is 0 Å². The molecule has 0 saturated carbocycles. The van der Waals surface area contributed by atoms with Crippen LogP contribution in [0, 0.1) is 0 Å². The van der Waals surface area contributed by atoms with Gasteiger partial charge < -0.3 is 9.84 Å². The maximum atomic E-state index is 12.1. The Morgan fingerprint density at radius 3 is 2.44 bits per heavy atom. The molecule has 0 atom stereocenters. The summed E-state index contributed by atoms with van der Waals surface area (Å²) in [5, 5.41) is 13.5. The molecule has 0 fully saturated rings. The minimum atomic E-state index is -0.531. The quantitative estimate of drug-likeness (QED) is 0.316. The van der Waals surface area contributed by atoms with Gasteiger partial charge in [-0.15, -0.1) is 0 Å². The summed E-state index contributed by atoms with van der Waals surface area (Å²) >= 11 is 0. The molecule has 1 amide bonds. The van der Waals surface area contributed by atoms with Crippen LogP contribution in [0.25, 0.3) is 0 Å². The van der Waals surface area contributed by atoms with E-state index in [4.69, 9.17) is 4.74 Å². The van der Waals surface area contributed by atoms with E-state index in [0.717, 1.165) is 0 Å². The summed E-state index contributed by atoms with van der Waals surface area (Å²) in [6, 6.07) is 21.6. The number of hydrogen-bond acceptors (Lipinski definition) is 5. The van der Waals surface area contributed by atoms with Crippen molar-refractivity contribution in [2.24, 2.45) is 5.10 Å². The number of hydrogen-bond donors (Lipinski definition) is 2. The van der Waals surface area contributed by atoms with E-state index >= 15 is 0 Å². The third-order valence-electron chi connectivity index (χ3n) is 3.61. The molecule has 0 bridgehead atoms. The Morgan fingerprint density at radius 1 is 0.926 bits per heavy atom. The van der Waals surface area contributed by atoms with Crippen molar-refractivity contribution in [1.29, 1.82) is 0 Å². The van der Waals surface area contributed by atoms with Gasteiger partial charge in [0.2, 0.25) is 0 Å². The highest BCUT2D eigenvalue weighted by Gasteiger charge is 2.09. The molecule has 3 aromatic carbocycles. The zero-order valence-corrected chi connectivity index (χ0v) is 14.2. The Kier molecular flexibility index (Phi) is 5.59. The van der Waals surface area contributed by atoms with E-state index in [1.54, 1.807) is 60.7 Å². The number of phenols is 1. The van der Waals surface area contributed by atoms with Crippen LogP contribution in [0.15, 0.2) is 84.0 Å². The number of carbonyl (C=O) groups excluding carboxylic acids is 2. The fourth-order valence-electron chi connectivity index (χ4n) is 2.29. The maximum absolute atomic E-state index is 12.1. The Hall–Kier alpha value is -3.93. The van der Waals surface area contributed by atoms with Crippen molar-refractivity contribution in [3.8, 4) is 11.5 Å². The molecule has 0 heterocycles.